The molecule has 35 heavy (non-hydrogen) atoms. The maximum Gasteiger partial charge on any atom is 0.283 e. The van der Waals surface area contributed by atoms with E-state index >= 15 is 13.2 Å². The van der Waals surface area contributed by atoms with E-state index in [1.807, 2.05) is 4.72 Å². The van der Waals surface area contributed by atoms with Crippen molar-refractivity contribution in [1.29, 1.82) is 0 Å². The molecule has 2 atom stereocenters. The molecule has 2 fully saturated rings. The summed E-state index contributed by atoms with van der Waals surface area (Å²) in [7, 11) is -4.06. The number of hydrogen-bond acceptors (Lipinski definition) is 3. The molecule has 0 radical (unpaired) electrons. The average molecular weight is 517 g/mol. The molecule has 5 nitrogen and oxygen atoms in total. The monoisotopic (exact) mass is 516 g/mol. The van der Waals surface area contributed by atoms with Gasteiger partial charge in [-0.2, -0.15) is 0 Å². The van der Waals surface area contributed by atoms with Gasteiger partial charge in [0.2, 0.25) is 15.9 Å². The molecule has 11 heteroatoms. The third-order valence-electron chi connectivity index (χ3n) is 6.47. The van der Waals surface area contributed by atoms with Crippen molar-refractivity contribution in [2.24, 2.45) is 5.92 Å². The minimum Gasteiger partial charge on any atom is -0.331 e. The van der Waals surface area contributed by atoms with Crippen molar-refractivity contribution in [1.82, 2.24) is 9.62 Å². The molecule has 2 aromatic carbocycles. The molecule has 0 aromatic heterocycles. The van der Waals surface area contributed by atoms with Gasteiger partial charge in [0.15, 0.2) is 0 Å². The zero-order valence-corrected chi connectivity index (χ0v) is 19.7. The fourth-order valence-electron chi connectivity index (χ4n) is 4.41. The first kappa shape index (κ1) is 25.6. The van der Waals surface area contributed by atoms with Gasteiger partial charge in [0.05, 0.1) is 18.3 Å². The van der Waals surface area contributed by atoms with Gasteiger partial charge in [-0.25, -0.2) is 35.1 Å². The maximum atomic E-state index is 15.6. The van der Waals surface area contributed by atoms with Crippen molar-refractivity contribution < 1.29 is 35.2 Å². The molecule has 2 aromatic rings. The van der Waals surface area contributed by atoms with Gasteiger partial charge in [0, 0.05) is 17.0 Å². The predicted molar refractivity (Wildman–Crippen MR) is 120 cm³/mol. The van der Waals surface area contributed by atoms with E-state index in [-0.39, 0.29) is 28.7 Å². The van der Waals surface area contributed by atoms with Crippen LogP contribution in [0.2, 0.25) is 0 Å². The first-order valence-electron chi connectivity index (χ1n) is 11.3. The summed E-state index contributed by atoms with van der Waals surface area (Å²) < 4.78 is 98.2. The Hall–Kier alpha value is -2.53. The van der Waals surface area contributed by atoms with Crippen molar-refractivity contribution in [2.45, 2.75) is 50.6 Å². The van der Waals surface area contributed by atoms with E-state index in [4.69, 9.17) is 0 Å². The van der Waals surface area contributed by atoms with E-state index in [9.17, 15) is 22.0 Å². The van der Waals surface area contributed by atoms with Crippen LogP contribution in [0.4, 0.5) is 22.0 Å². The topological polar surface area (TPSA) is 66.5 Å². The van der Waals surface area contributed by atoms with E-state index in [0.717, 1.165) is 11.0 Å². The third kappa shape index (κ3) is 5.35. The SMILES string of the molecule is CCS(=O)(=O)N[C@@H]1[C@H](Cc2cccc(-c3cccc(C(F)F)c3)c2F)N(C(=O)C2CC2)CC1(F)F. The maximum absolute atomic E-state index is 15.6. The number of rotatable bonds is 8. The number of carbonyl (C=O) groups is 1. The molecule has 1 saturated carbocycles. The summed E-state index contributed by atoms with van der Waals surface area (Å²) in [5.41, 5.74) is -0.131. The van der Waals surface area contributed by atoms with Crippen LogP contribution in [-0.4, -0.2) is 49.5 Å². The number of alkyl halides is 4. The summed E-state index contributed by atoms with van der Waals surface area (Å²) in [6.07, 6.45) is -2.01. The van der Waals surface area contributed by atoms with Gasteiger partial charge in [-0.3, -0.25) is 4.79 Å². The molecule has 4 rings (SSSR count). The normalized spacial score (nSPS) is 22.1. The van der Waals surface area contributed by atoms with Gasteiger partial charge in [-0.15, -0.1) is 0 Å². The lowest BCUT2D eigenvalue weighted by atomic mass is 9.94. The van der Waals surface area contributed by atoms with Crippen molar-refractivity contribution in [2.75, 3.05) is 12.3 Å². The van der Waals surface area contributed by atoms with E-state index in [1.54, 1.807) is 0 Å². The first-order valence-corrected chi connectivity index (χ1v) is 12.9. The fourth-order valence-corrected chi connectivity index (χ4v) is 5.29. The lowest BCUT2D eigenvalue weighted by molar-refractivity contribution is -0.134. The summed E-state index contributed by atoms with van der Waals surface area (Å²) in [5, 5.41) is 0. The number of halogens is 5. The summed E-state index contributed by atoms with van der Waals surface area (Å²) in [4.78, 5) is 13.8. The number of likely N-dealkylation sites (tertiary alicyclic amines) is 1. The predicted octanol–water partition coefficient (Wildman–Crippen LogP) is 4.54. The van der Waals surface area contributed by atoms with Crippen LogP contribution in [0.15, 0.2) is 42.5 Å². The highest BCUT2D eigenvalue weighted by Gasteiger charge is 2.58. The van der Waals surface area contributed by atoms with E-state index in [0.29, 0.717) is 12.8 Å². The lowest BCUT2D eigenvalue weighted by Crippen LogP contribution is -2.52. The number of benzene rings is 2. The molecule has 1 saturated heterocycles. The quantitative estimate of drug-likeness (QED) is 0.524. The first-order chi connectivity index (χ1) is 16.4. The Morgan fingerprint density at radius 1 is 1.17 bits per heavy atom. The Labute approximate surface area is 200 Å². The van der Waals surface area contributed by atoms with Gasteiger partial charge in [-0.05, 0) is 43.4 Å². The molecule has 1 amide bonds. The molecular formula is C24H25F5N2O3S. The van der Waals surface area contributed by atoms with Crippen molar-refractivity contribution >= 4 is 15.9 Å². The summed E-state index contributed by atoms with van der Waals surface area (Å²) in [6.45, 7) is 0.329. The molecule has 2 aliphatic rings. The minimum absolute atomic E-state index is 0.000477. The highest BCUT2D eigenvalue weighted by Crippen LogP contribution is 2.40. The van der Waals surface area contributed by atoms with Crippen LogP contribution in [0.25, 0.3) is 11.1 Å². The Kier molecular flexibility index (Phi) is 6.93. The van der Waals surface area contributed by atoms with Gasteiger partial charge in [0.1, 0.15) is 11.9 Å². The van der Waals surface area contributed by atoms with Crippen LogP contribution in [0.5, 0.6) is 0 Å². The summed E-state index contributed by atoms with van der Waals surface area (Å²) >= 11 is 0. The van der Waals surface area contributed by atoms with Crippen LogP contribution in [0, 0.1) is 11.7 Å². The number of hydrogen-bond donors (Lipinski definition) is 1. The molecule has 190 valence electrons. The van der Waals surface area contributed by atoms with Gasteiger partial charge < -0.3 is 4.90 Å². The van der Waals surface area contributed by atoms with E-state index in [2.05, 4.69) is 0 Å². The highest BCUT2D eigenvalue weighted by atomic mass is 32.2. The van der Waals surface area contributed by atoms with E-state index < -0.39 is 64.4 Å². The number of amides is 1. The number of nitrogens with zero attached hydrogens (tertiary/aromatic N) is 1. The molecule has 0 spiro atoms. The van der Waals surface area contributed by atoms with Gasteiger partial charge in [0.25, 0.3) is 12.3 Å². The smallest absolute Gasteiger partial charge is 0.283 e. The number of carbonyl (C=O) groups excluding carboxylic acids is 1. The largest absolute Gasteiger partial charge is 0.331 e. The third-order valence-corrected chi connectivity index (χ3v) is 7.85. The van der Waals surface area contributed by atoms with Crippen LogP contribution in [-0.2, 0) is 21.2 Å². The minimum atomic E-state index is -4.06. The Morgan fingerprint density at radius 3 is 2.49 bits per heavy atom. The van der Waals surface area contributed by atoms with Crippen LogP contribution < -0.4 is 4.72 Å². The Balaban J connectivity index is 1.72. The molecule has 1 aliphatic carbocycles. The van der Waals surface area contributed by atoms with Crippen molar-refractivity contribution in [3.63, 3.8) is 0 Å². The van der Waals surface area contributed by atoms with E-state index in [1.165, 1.54) is 43.3 Å². The second kappa shape index (κ2) is 9.50. The number of sulfonamides is 1. The molecule has 1 N–H and O–H groups in total. The molecule has 0 unspecified atom stereocenters. The second-order valence-corrected chi connectivity index (χ2v) is 11.0. The summed E-state index contributed by atoms with van der Waals surface area (Å²) in [6, 6.07) is 6.14. The lowest BCUT2D eigenvalue weighted by Gasteiger charge is -2.29. The second-order valence-electron chi connectivity index (χ2n) is 8.98. The van der Waals surface area contributed by atoms with Crippen LogP contribution >= 0.6 is 0 Å². The average Bonchev–Trinajstić information content (AvgIpc) is 3.63. The van der Waals surface area contributed by atoms with Crippen LogP contribution in [0.3, 0.4) is 0 Å². The zero-order chi connectivity index (χ0) is 25.5. The van der Waals surface area contributed by atoms with Gasteiger partial charge >= 0.3 is 0 Å². The standard InChI is InChI=1S/C24H25F5N2O3S/c1-2-35(33,34)30-21-19(31(13-24(21,28)29)23(32)14-9-10-14)12-16-6-4-8-18(20(16)25)15-5-3-7-17(11-15)22(26)27/h3-8,11,14,19,21-22,30H,2,9-10,12-13H2,1H3/t19-,21+/m0/s1. The van der Waals surface area contributed by atoms with Crippen molar-refractivity contribution in [3.05, 3.63) is 59.4 Å². The van der Waals surface area contributed by atoms with Gasteiger partial charge in [-0.1, -0.05) is 36.4 Å². The Bertz CT molecular complexity index is 1220. The molecule has 0 bridgehead atoms. The Morgan fingerprint density at radius 2 is 1.86 bits per heavy atom. The zero-order valence-electron chi connectivity index (χ0n) is 18.9. The molecule has 1 heterocycles. The fraction of sp³-hybridized carbons (Fsp3) is 0.458. The van der Waals surface area contributed by atoms with Crippen molar-refractivity contribution in [3.8, 4) is 11.1 Å². The number of nitrogens with one attached hydrogen (secondary N) is 1. The molecular weight excluding hydrogens is 491 g/mol. The van der Waals surface area contributed by atoms with Crippen LogP contribution in [0.1, 0.15) is 37.3 Å². The summed E-state index contributed by atoms with van der Waals surface area (Å²) in [5.74, 6) is -5.70. The molecule has 1 aliphatic heterocycles. The highest BCUT2D eigenvalue weighted by molar-refractivity contribution is 7.89.